The number of rotatable bonds is 5. The fourth-order valence-electron chi connectivity index (χ4n) is 3.06. The quantitative estimate of drug-likeness (QED) is 0.595. The summed E-state index contributed by atoms with van der Waals surface area (Å²) in [6.45, 7) is 3.02. The molecule has 134 valence electrons. The summed E-state index contributed by atoms with van der Waals surface area (Å²) in [6, 6.07) is 15.2. The summed E-state index contributed by atoms with van der Waals surface area (Å²) in [5.74, 6) is 0.734. The molecule has 0 atom stereocenters. The molecular weight excluding hydrogens is 338 g/mol. The summed E-state index contributed by atoms with van der Waals surface area (Å²) in [5, 5.41) is 2.98. The van der Waals surface area contributed by atoms with E-state index in [2.05, 4.69) is 15.3 Å². The van der Waals surface area contributed by atoms with E-state index in [1.165, 1.54) is 0 Å². The maximum absolute atomic E-state index is 12.4. The van der Waals surface area contributed by atoms with Gasteiger partial charge >= 0.3 is 0 Å². The van der Waals surface area contributed by atoms with Gasteiger partial charge in [-0.2, -0.15) is 0 Å². The minimum Gasteiger partial charge on any atom is -0.350 e. The topological polar surface area (TPSA) is 72.7 Å². The average molecular weight is 357 g/mol. The first-order valence-corrected chi connectivity index (χ1v) is 8.79. The lowest BCUT2D eigenvalue weighted by Crippen LogP contribution is -2.27. The highest BCUT2D eigenvalue weighted by molar-refractivity contribution is 5.94. The Labute approximate surface area is 156 Å². The third-order valence-corrected chi connectivity index (χ3v) is 4.34. The number of aromatic nitrogens is 4. The molecule has 3 aromatic heterocycles. The van der Waals surface area contributed by atoms with E-state index in [4.69, 9.17) is 4.98 Å². The lowest BCUT2D eigenvalue weighted by atomic mass is 10.1. The highest BCUT2D eigenvalue weighted by atomic mass is 16.1. The van der Waals surface area contributed by atoms with Gasteiger partial charge < -0.3 is 9.88 Å². The number of amides is 1. The number of benzene rings is 1. The second-order valence-electron chi connectivity index (χ2n) is 6.29. The zero-order chi connectivity index (χ0) is 18.6. The molecule has 3 heterocycles. The van der Waals surface area contributed by atoms with Gasteiger partial charge in [-0.25, -0.2) is 9.97 Å². The average Bonchev–Trinajstić information content (AvgIpc) is 3.07. The maximum atomic E-state index is 12.4. The summed E-state index contributed by atoms with van der Waals surface area (Å²) in [7, 11) is 0. The van der Waals surface area contributed by atoms with Crippen LogP contribution >= 0.6 is 0 Å². The van der Waals surface area contributed by atoms with Crippen LogP contribution < -0.4 is 5.32 Å². The van der Waals surface area contributed by atoms with Crippen molar-refractivity contribution in [1.82, 2.24) is 24.8 Å². The molecule has 0 unspecified atom stereocenters. The summed E-state index contributed by atoms with van der Waals surface area (Å²) in [4.78, 5) is 25.6. The molecule has 0 saturated heterocycles. The van der Waals surface area contributed by atoms with Crippen molar-refractivity contribution in [2.45, 2.75) is 13.5 Å². The van der Waals surface area contributed by atoms with Crippen LogP contribution in [-0.2, 0) is 6.54 Å². The number of imidazole rings is 1. The number of aryl methyl sites for hydroxylation is 1. The van der Waals surface area contributed by atoms with E-state index in [-0.39, 0.29) is 5.91 Å². The van der Waals surface area contributed by atoms with Gasteiger partial charge in [0.2, 0.25) is 0 Å². The van der Waals surface area contributed by atoms with Gasteiger partial charge in [-0.3, -0.25) is 9.78 Å². The SMILES string of the molecule is Cc1cccc(C(=O)NCCn2c(-c3ccncc3)nc3cccnc32)c1. The fraction of sp³-hybridized carbons (Fsp3) is 0.143. The van der Waals surface area contributed by atoms with Crippen LogP contribution in [0.4, 0.5) is 0 Å². The van der Waals surface area contributed by atoms with Crippen LogP contribution in [0.3, 0.4) is 0 Å². The highest BCUT2D eigenvalue weighted by Crippen LogP contribution is 2.22. The van der Waals surface area contributed by atoms with Crippen LogP contribution in [0.1, 0.15) is 15.9 Å². The van der Waals surface area contributed by atoms with Crippen molar-refractivity contribution >= 4 is 17.1 Å². The summed E-state index contributed by atoms with van der Waals surface area (Å²) in [5.41, 5.74) is 4.32. The maximum Gasteiger partial charge on any atom is 0.251 e. The Morgan fingerprint density at radius 3 is 2.74 bits per heavy atom. The van der Waals surface area contributed by atoms with Crippen LogP contribution in [0.5, 0.6) is 0 Å². The molecule has 0 spiro atoms. The fourth-order valence-corrected chi connectivity index (χ4v) is 3.06. The number of carbonyl (C=O) groups excluding carboxylic acids is 1. The third-order valence-electron chi connectivity index (χ3n) is 4.34. The van der Waals surface area contributed by atoms with Crippen LogP contribution in [0.15, 0.2) is 67.1 Å². The van der Waals surface area contributed by atoms with Crippen LogP contribution in [0, 0.1) is 6.92 Å². The summed E-state index contributed by atoms with van der Waals surface area (Å²) >= 11 is 0. The van der Waals surface area contributed by atoms with Gasteiger partial charge in [-0.1, -0.05) is 17.7 Å². The largest absolute Gasteiger partial charge is 0.350 e. The first-order valence-electron chi connectivity index (χ1n) is 8.79. The van der Waals surface area contributed by atoms with Gasteiger partial charge in [0.05, 0.1) is 0 Å². The lowest BCUT2D eigenvalue weighted by Gasteiger charge is -2.10. The van der Waals surface area contributed by atoms with Gasteiger partial charge in [0.1, 0.15) is 11.3 Å². The number of fused-ring (bicyclic) bond motifs is 1. The minimum absolute atomic E-state index is 0.0819. The Bertz CT molecular complexity index is 1090. The molecule has 4 aromatic rings. The molecule has 0 bridgehead atoms. The second-order valence-corrected chi connectivity index (χ2v) is 6.29. The van der Waals surface area contributed by atoms with E-state index in [0.29, 0.717) is 18.7 Å². The number of nitrogens with zero attached hydrogens (tertiary/aromatic N) is 4. The molecule has 0 saturated carbocycles. The zero-order valence-corrected chi connectivity index (χ0v) is 15.0. The van der Waals surface area contributed by atoms with E-state index < -0.39 is 0 Å². The van der Waals surface area contributed by atoms with E-state index in [0.717, 1.165) is 28.1 Å². The van der Waals surface area contributed by atoms with E-state index in [1.807, 2.05) is 60.0 Å². The van der Waals surface area contributed by atoms with E-state index >= 15 is 0 Å². The Kier molecular flexibility index (Phi) is 4.61. The monoisotopic (exact) mass is 357 g/mol. The molecule has 0 aliphatic heterocycles. The van der Waals surface area contributed by atoms with E-state index in [1.54, 1.807) is 18.6 Å². The van der Waals surface area contributed by atoms with Gasteiger partial charge in [0.15, 0.2) is 5.65 Å². The van der Waals surface area contributed by atoms with Crippen molar-refractivity contribution in [3.63, 3.8) is 0 Å². The minimum atomic E-state index is -0.0819. The molecule has 1 N–H and O–H groups in total. The normalized spacial score (nSPS) is 10.9. The molecule has 0 aliphatic rings. The van der Waals surface area contributed by atoms with Gasteiger partial charge in [0.25, 0.3) is 5.91 Å². The molecule has 0 radical (unpaired) electrons. The molecular formula is C21H19N5O. The molecule has 27 heavy (non-hydrogen) atoms. The zero-order valence-electron chi connectivity index (χ0n) is 15.0. The van der Waals surface area contributed by atoms with Crippen molar-refractivity contribution < 1.29 is 4.79 Å². The lowest BCUT2D eigenvalue weighted by molar-refractivity contribution is 0.0952. The molecule has 4 rings (SSSR count). The van der Waals surface area contributed by atoms with Crippen LogP contribution in [0.2, 0.25) is 0 Å². The predicted octanol–water partition coefficient (Wildman–Crippen LogP) is 3.23. The van der Waals surface area contributed by atoms with Crippen LogP contribution in [-0.4, -0.2) is 32.0 Å². The van der Waals surface area contributed by atoms with Crippen molar-refractivity contribution in [1.29, 1.82) is 0 Å². The number of nitrogens with one attached hydrogen (secondary N) is 1. The highest BCUT2D eigenvalue weighted by Gasteiger charge is 2.13. The first-order chi connectivity index (χ1) is 13.2. The Balaban J connectivity index is 1.57. The predicted molar refractivity (Wildman–Crippen MR) is 104 cm³/mol. The standard InChI is InChI=1S/C21H19N5O/c1-15-4-2-5-17(14-15)21(27)24-12-13-26-19(16-7-10-22-11-8-16)25-18-6-3-9-23-20(18)26/h2-11,14H,12-13H2,1H3,(H,24,27). The third kappa shape index (κ3) is 3.55. The van der Waals surface area contributed by atoms with Crippen molar-refractivity contribution in [2.24, 2.45) is 0 Å². The van der Waals surface area contributed by atoms with Gasteiger partial charge in [0, 0.05) is 42.8 Å². The van der Waals surface area contributed by atoms with Crippen LogP contribution in [0.25, 0.3) is 22.6 Å². The van der Waals surface area contributed by atoms with Gasteiger partial charge in [-0.05, 0) is 43.3 Å². The molecule has 0 aliphatic carbocycles. The number of pyridine rings is 2. The molecule has 0 fully saturated rings. The molecule has 1 amide bonds. The van der Waals surface area contributed by atoms with E-state index in [9.17, 15) is 4.79 Å². The van der Waals surface area contributed by atoms with Crippen molar-refractivity contribution in [3.8, 4) is 11.4 Å². The Morgan fingerprint density at radius 2 is 1.93 bits per heavy atom. The Morgan fingerprint density at radius 1 is 1.07 bits per heavy atom. The number of carbonyl (C=O) groups is 1. The number of hydrogen-bond acceptors (Lipinski definition) is 4. The first kappa shape index (κ1) is 16.9. The number of hydrogen-bond donors (Lipinski definition) is 1. The Hall–Kier alpha value is -3.54. The second kappa shape index (κ2) is 7.37. The van der Waals surface area contributed by atoms with Crippen molar-refractivity contribution in [2.75, 3.05) is 6.54 Å². The molecule has 1 aromatic carbocycles. The van der Waals surface area contributed by atoms with Crippen molar-refractivity contribution in [3.05, 3.63) is 78.2 Å². The smallest absolute Gasteiger partial charge is 0.251 e. The summed E-state index contributed by atoms with van der Waals surface area (Å²) in [6.07, 6.45) is 5.24. The molecule has 6 nitrogen and oxygen atoms in total. The molecule has 6 heteroatoms. The summed E-state index contributed by atoms with van der Waals surface area (Å²) < 4.78 is 2.03. The van der Waals surface area contributed by atoms with Gasteiger partial charge in [-0.15, -0.1) is 0 Å².